The quantitative estimate of drug-likeness (QED) is 0.490. The van der Waals surface area contributed by atoms with E-state index in [1.165, 1.54) is 12.3 Å². The minimum atomic E-state index is -2.97. The van der Waals surface area contributed by atoms with E-state index in [0.29, 0.717) is 25.5 Å². The first-order valence-electron chi connectivity index (χ1n) is 8.45. The number of aliphatic imine (C=N–C) groups is 1. The SMILES string of the molecule is CN=C(NCc1ccc(F)cc1CSC)NCC(C)(C)CCS(C)(=O)=O. The largest absolute Gasteiger partial charge is 0.356 e. The standard InChI is InChI=1S/C18H30FN3O2S2/c1-18(2,8-9-26(5,23)24)13-22-17(20-3)21-11-14-6-7-16(19)10-15(14)12-25-4/h6-7,10H,8-9,11-13H2,1-5H3,(H2,20,21,22). The van der Waals surface area contributed by atoms with E-state index in [9.17, 15) is 12.8 Å². The summed E-state index contributed by atoms with van der Waals surface area (Å²) < 4.78 is 36.1. The third kappa shape index (κ3) is 8.89. The Bertz CT molecular complexity index is 719. The van der Waals surface area contributed by atoms with E-state index in [2.05, 4.69) is 15.6 Å². The fourth-order valence-corrected chi connectivity index (χ4v) is 3.83. The van der Waals surface area contributed by atoms with E-state index in [1.54, 1.807) is 30.9 Å². The maximum absolute atomic E-state index is 13.4. The number of sulfone groups is 1. The van der Waals surface area contributed by atoms with Gasteiger partial charge in [-0.15, -0.1) is 0 Å². The lowest BCUT2D eigenvalue weighted by Gasteiger charge is -2.26. The van der Waals surface area contributed by atoms with Gasteiger partial charge in [-0.3, -0.25) is 4.99 Å². The monoisotopic (exact) mass is 403 g/mol. The van der Waals surface area contributed by atoms with Crippen molar-refractivity contribution in [3.63, 3.8) is 0 Å². The van der Waals surface area contributed by atoms with Crippen molar-refractivity contribution in [3.05, 3.63) is 35.1 Å². The molecule has 0 saturated carbocycles. The molecular weight excluding hydrogens is 373 g/mol. The van der Waals surface area contributed by atoms with Crippen molar-refractivity contribution in [2.75, 3.05) is 31.9 Å². The van der Waals surface area contributed by atoms with Crippen molar-refractivity contribution >= 4 is 27.6 Å². The van der Waals surface area contributed by atoms with Gasteiger partial charge < -0.3 is 10.6 Å². The van der Waals surface area contributed by atoms with Crippen LogP contribution in [-0.4, -0.2) is 46.2 Å². The first-order chi connectivity index (χ1) is 12.1. The molecule has 0 unspecified atom stereocenters. The molecule has 0 aromatic heterocycles. The van der Waals surface area contributed by atoms with Crippen molar-refractivity contribution in [2.24, 2.45) is 10.4 Å². The Hall–Kier alpha value is -1.28. The molecule has 8 heteroatoms. The van der Waals surface area contributed by atoms with Gasteiger partial charge in [0.1, 0.15) is 15.7 Å². The van der Waals surface area contributed by atoms with Gasteiger partial charge in [-0.1, -0.05) is 19.9 Å². The molecular formula is C18H30FN3O2S2. The zero-order valence-electron chi connectivity index (χ0n) is 16.2. The Labute approximate surface area is 161 Å². The molecule has 0 saturated heterocycles. The zero-order chi connectivity index (χ0) is 19.8. The first-order valence-corrected chi connectivity index (χ1v) is 11.9. The fourth-order valence-electron chi connectivity index (χ4n) is 2.33. The summed E-state index contributed by atoms with van der Waals surface area (Å²) in [5, 5.41) is 6.48. The molecule has 0 spiro atoms. The first kappa shape index (κ1) is 22.8. The zero-order valence-corrected chi connectivity index (χ0v) is 17.9. The number of hydrogen-bond donors (Lipinski definition) is 2. The Balaban J connectivity index is 2.61. The van der Waals surface area contributed by atoms with Crippen molar-refractivity contribution in [1.29, 1.82) is 0 Å². The Kier molecular flexibility index (Phi) is 8.89. The van der Waals surface area contributed by atoms with Crippen LogP contribution in [-0.2, 0) is 22.1 Å². The van der Waals surface area contributed by atoms with Gasteiger partial charge in [0.05, 0.1) is 5.75 Å². The number of nitrogens with zero attached hydrogens (tertiary/aromatic N) is 1. The molecule has 148 valence electrons. The molecule has 0 radical (unpaired) electrons. The van der Waals surface area contributed by atoms with E-state index in [0.717, 1.165) is 16.9 Å². The molecule has 0 fully saturated rings. The molecule has 0 aliphatic carbocycles. The average molecular weight is 404 g/mol. The lowest BCUT2D eigenvalue weighted by molar-refractivity contribution is 0.348. The molecule has 1 aromatic rings. The van der Waals surface area contributed by atoms with Crippen LogP contribution in [0, 0.1) is 11.2 Å². The molecule has 2 N–H and O–H groups in total. The number of halogens is 1. The predicted molar refractivity (Wildman–Crippen MR) is 110 cm³/mol. The van der Waals surface area contributed by atoms with Gasteiger partial charge in [0, 0.05) is 32.1 Å². The Morgan fingerprint density at radius 3 is 2.54 bits per heavy atom. The summed E-state index contributed by atoms with van der Waals surface area (Å²) >= 11 is 1.65. The van der Waals surface area contributed by atoms with Gasteiger partial charge in [-0.2, -0.15) is 11.8 Å². The molecule has 26 heavy (non-hydrogen) atoms. The molecule has 0 aliphatic heterocycles. The van der Waals surface area contributed by atoms with Crippen LogP contribution in [0.2, 0.25) is 0 Å². The van der Waals surface area contributed by atoms with Gasteiger partial charge in [-0.25, -0.2) is 12.8 Å². The van der Waals surface area contributed by atoms with Crippen molar-refractivity contribution in [1.82, 2.24) is 10.6 Å². The summed E-state index contributed by atoms with van der Waals surface area (Å²) in [5.41, 5.74) is 1.81. The van der Waals surface area contributed by atoms with Gasteiger partial charge >= 0.3 is 0 Å². The normalized spacial score (nSPS) is 12.9. The molecule has 0 bridgehead atoms. The van der Waals surface area contributed by atoms with Gasteiger partial charge in [0.15, 0.2) is 5.96 Å². The van der Waals surface area contributed by atoms with Gasteiger partial charge in [-0.05, 0) is 41.4 Å². The minimum Gasteiger partial charge on any atom is -0.356 e. The average Bonchev–Trinajstić information content (AvgIpc) is 2.54. The summed E-state index contributed by atoms with van der Waals surface area (Å²) in [4.78, 5) is 4.21. The Morgan fingerprint density at radius 2 is 1.96 bits per heavy atom. The van der Waals surface area contributed by atoms with Crippen LogP contribution in [0.3, 0.4) is 0 Å². The second-order valence-electron chi connectivity index (χ2n) is 7.17. The third-order valence-electron chi connectivity index (χ3n) is 4.02. The van der Waals surface area contributed by atoms with E-state index in [-0.39, 0.29) is 17.0 Å². The molecule has 0 aliphatic rings. The third-order valence-corrected chi connectivity index (χ3v) is 5.57. The van der Waals surface area contributed by atoms with E-state index in [1.807, 2.05) is 20.1 Å². The maximum Gasteiger partial charge on any atom is 0.191 e. The molecule has 0 amide bonds. The van der Waals surface area contributed by atoms with E-state index in [4.69, 9.17) is 0 Å². The Morgan fingerprint density at radius 1 is 1.27 bits per heavy atom. The smallest absolute Gasteiger partial charge is 0.191 e. The van der Waals surface area contributed by atoms with Crippen LogP contribution in [0.1, 0.15) is 31.4 Å². The second kappa shape index (κ2) is 10.2. The lowest BCUT2D eigenvalue weighted by atomic mass is 9.90. The number of guanidine groups is 1. The number of nitrogens with one attached hydrogen (secondary N) is 2. The highest BCUT2D eigenvalue weighted by Gasteiger charge is 2.20. The van der Waals surface area contributed by atoms with Crippen LogP contribution >= 0.6 is 11.8 Å². The second-order valence-corrected chi connectivity index (χ2v) is 10.3. The van der Waals surface area contributed by atoms with Crippen molar-refractivity contribution < 1.29 is 12.8 Å². The molecule has 1 aromatic carbocycles. The maximum atomic E-state index is 13.4. The number of rotatable bonds is 9. The summed E-state index contributed by atoms with van der Waals surface area (Å²) in [5.74, 6) is 1.32. The summed E-state index contributed by atoms with van der Waals surface area (Å²) in [6.45, 7) is 5.19. The van der Waals surface area contributed by atoms with Crippen molar-refractivity contribution in [2.45, 2.75) is 32.6 Å². The van der Waals surface area contributed by atoms with Gasteiger partial charge in [0.25, 0.3) is 0 Å². The topological polar surface area (TPSA) is 70.6 Å². The number of hydrogen-bond acceptors (Lipinski definition) is 4. The molecule has 0 heterocycles. The number of thioether (sulfide) groups is 1. The number of benzene rings is 1. The highest BCUT2D eigenvalue weighted by Crippen LogP contribution is 2.20. The lowest BCUT2D eigenvalue weighted by Crippen LogP contribution is -2.42. The highest BCUT2D eigenvalue weighted by atomic mass is 32.2. The predicted octanol–water partition coefficient (Wildman–Crippen LogP) is 2.81. The summed E-state index contributed by atoms with van der Waals surface area (Å²) in [7, 11) is -1.28. The van der Waals surface area contributed by atoms with Crippen LogP contribution in [0.25, 0.3) is 0 Å². The molecule has 5 nitrogen and oxygen atoms in total. The molecule has 0 atom stereocenters. The van der Waals surface area contributed by atoms with Crippen molar-refractivity contribution in [3.8, 4) is 0 Å². The summed E-state index contributed by atoms with van der Waals surface area (Å²) in [6.07, 6.45) is 3.82. The van der Waals surface area contributed by atoms with Crippen LogP contribution in [0.4, 0.5) is 4.39 Å². The van der Waals surface area contributed by atoms with Crippen LogP contribution in [0.15, 0.2) is 23.2 Å². The van der Waals surface area contributed by atoms with E-state index < -0.39 is 9.84 Å². The van der Waals surface area contributed by atoms with Crippen LogP contribution in [0.5, 0.6) is 0 Å². The summed E-state index contributed by atoms with van der Waals surface area (Å²) in [6, 6.07) is 4.82. The van der Waals surface area contributed by atoms with Gasteiger partial charge in [0.2, 0.25) is 0 Å². The van der Waals surface area contributed by atoms with Crippen LogP contribution < -0.4 is 10.6 Å². The minimum absolute atomic E-state index is 0.168. The fraction of sp³-hybridized carbons (Fsp3) is 0.611. The molecule has 1 rings (SSSR count). The highest BCUT2D eigenvalue weighted by molar-refractivity contribution is 7.97. The van der Waals surface area contributed by atoms with E-state index >= 15 is 0 Å².